The Hall–Kier alpha value is -4.17. The number of hydrogen-bond donors (Lipinski definition) is 9. The lowest BCUT2D eigenvalue weighted by atomic mass is 9.98. The number of amides is 3. The first-order valence-electron chi connectivity index (χ1n) is 13.5. The summed E-state index contributed by atoms with van der Waals surface area (Å²) in [6, 6.07) is 2.56. The number of carbonyl (C=O) groups excluding carboxylic acids is 3. The van der Waals surface area contributed by atoms with E-state index in [2.05, 4.69) is 25.9 Å². The molecule has 6 unspecified atom stereocenters. The number of aliphatic imine (C=N–C) groups is 1. The highest BCUT2D eigenvalue weighted by Gasteiger charge is 2.32. The summed E-state index contributed by atoms with van der Waals surface area (Å²) in [5.74, 6) is -3.72. The van der Waals surface area contributed by atoms with Gasteiger partial charge in [-0.1, -0.05) is 38.5 Å². The first-order chi connectivity index (χ1) is 19.3. The molecule has 3 amide bonds. The van der Waals surface area contributed by atoms with Crippen LogP contribution in [0.1, 0.15) is 45.6 Å². The number of aliphatic hydroxyl groups excluding tert-OH is 1. The number of aromatic nitrogens is 1. The van der Waals surface area contributed by atoms with E-state index in [-0.39, 0.29) is 31.3 Å². The number of carbonyl (C=O) groups is 4. The summed E-state index contributed by atoms with van der Waals surface area (Å²) in [7, 11) is 0. The number of rotatable bonds is 16. The Morgan fingerprint density at radius 1 is 1.00 bits per heavy atom. The summed E-state index contributed by atoms with van der Waals surface area (Å²) in [5.41, 5.74) is 18.3. The Labute approximate surface area is 238 Å². The number of aliphatic hydroxyl groups is 1. The van der Waals surface area contributed by atoms with Crippen molar-refractivity contribution in [3.63, 3.8) is 0 Å². The van der Waals surface area contributed by atoms with Crippen LogP contribution in [0.2, 0.25) is 0 Å². The minimum atomic E-state index is -1.60. The first kappa shape index (κ1) is 33.0. The van der Waals surface area contributed by atoms with Gasteiger partial charge in [-0.3, -0.25) is 19.4 Å². The molecule has 6 atom stereocenters. The highest BCUT2D eigenvalue weighted by atomic mass is 16.4. The number of nitrogens with two attached hydrogens (primary N) is 3. The highest BCUT2D eigenvalue weighted by molar-refractivity contribution is 5.95. The number of carboxylic acids is 1. The van der Waals surface area contributed by atoms with E-state index in [1.807, 2.05) is 38.1 Å². The number of guanidine groups is 1. The Morgan fingerprint density at radius 2 is 1.63 bits per heavy atom. The lowest BCUT2D eigenvalue weighted by Crippen LogP contribution is -2.59. The molecular formula is C27H42N8O6. The van der Waals surface area contributed by atoms with Crippen LogP contribution >= 0.6 is 0 Å². The fourth-order valence-corrected chi connectivity index (χ4v) is 4.20. The second kappa shape index (κ2) is 15.6. The van der Waals surface area contributed by atoms with Crippen LogP contribution in [0.3, 0.4) is 0 Å². The van der Waals surface area contributed by atoms with E-state index in [9.17, 15) is 29.4 Å². The fourth-order valence-electron chi connectivity index (χ4n) is 4.20. The topological polar surface area (TPSA) is 251 Å². The van der Waals surface area contributed by atoms with Crippen LogP contribution in [-0.2, 0) is 25.6 Å². The zero-order chi connectivity index (χ0) is 30.7. The second-order valence-corrected chi connectivity index (χ2v) is 10.1. The van der Waals surface area contributed by atoms with Gasteiger partial charge in [0.15, 0.2) is 12.0 Å². The summed E-state index contributed by atoms with van der Waals surface area (Å²) in [6.07, 6.45) is 1.41. The number of benzene rings is 1. The standard InChI is InChI=1S/C27H42N8O6/c1-4-14(2)21(28)25(39)33-19(10-7-11-31-27(29)30)23(37)34-20(24(38)35-22(15(3)36)26(40)41)12-16-13-32-18-9-6-5-8-17(16)18/h5-6,8-9,13-15,19-22,32,36H,4,7,10-12,28H2,1-3H3,(H,33,39)(H,34,37)(H,35,38)(H,40,41)(H4,29,30,31). The van der Waals surface area contributed by atoms with Crippen molar-refractivity contribution in [3.8, 4) is 0 Å². The van der Waals surface area contributed by atoms with Gasteiger partial charge >= 0.3 is 5.97 Å². The van der Waals surface area contributed by atoms with E-state index in [1.165, 1.54) is 6.92 Å². The summed E-state index contributed by atoms with van der Waals surface area (Å²) in [4.78, 5) is 58.3. The van der Waals surface area contributed by atoms with Crippen LogP contribution < -0.4 is 33.2 Å². The number of aliphatic carboxylic acids is 1. The van der Waals surface area contributed by atoms with Crippen LogP contribution in [0, 0.1) is 5.92 Å². The summed E-state index contributed by atoms with van der Waals surface area (Å²) in [5, 5.41) is 27.8. The molecule has 14 nitrogen and oxygen atoms in total. The number of carboxylic acid groups (broad SMARTS) is 1. The number of nitrogens with one attached hydrogen (secondary N) is 4. The molecule has 1 aromatic heterocycles. The van der Waals surface area contributed by atoms with Gasteiger partial charge in [0.2, 0.25) is 17.7 Å². The van der Waals surface area contributed by atoms with Gasteiger partial charge in [-0.25, -0.2) is 4.79 Å². The van der Waals surface area contributed by atoms with Crippen molar-refractivity contribution >= 4 is 40.6 Å². The van der Waals surface area contributed by atoms with Crippen molar-refractivity contribution in [3.05, 3.63) is 36.0 Å². The normalized spacial score (nSPS) is 15.5. The smallest absolute Gasteiger partial charge is 0.328 e. The molecule has 1 heterocycles. The Morgan fingerprint density at radius 3 is 2.24 bits per heavy atom. The van der Waals surface area contributed by atoms with Gasteiger partial charge in [-0.15, -0.1) is 0 Å². The predicted molar refractivity (Wildman–Crippen MR) is 154 cm³/mol. The molecule has 0 saturated carbocycles. The lowest BCUT2D eigenvalue weighted by Gasteiger charge is -2.26. The van der Waals surface area contributed by atoms with Crippen LogP contribution in [0.5, 0.6) is 0 Å². The number of hydrogen-bond acceptors (Lipinski definition) is 7. The molecule has 2 rings (SSSR count). The molecule has 0 radical (unpaired) electrons. The molecule has 0 bridgehead atoms. The quantitative estimate of drug-likeness (QED) is 0.0680. The van der Waals surface area contributed by atoms with Crippen molar-refractivity contribution in [1.82, 2.24) is 20.9 Å². The average Bonchev–Trinajstić information content (AvgIpc) is 3.33. The maximum atomic E-state index is 13.5. The monoisotopic (exact) mass is 574 g/mol. The largest absolute Gasteiger partial charge is 0.480 e. The second-order valence-electron chi connectivity index (χ2n) is 10.1. The van der Waals surface area contributed by atoms with E-state index >= 15 is 0 Å². The molecule has 12 N–H and O–H groups in total. The van der Waals surface area contributed by atoms with Gasteiger partial charge < -0.3 is 48.3 Å². The van der Waals surface area contributed by atoms with Gasteiger partial charge in [0.25, 0.3) is 0 Å². The third kappa shape index (κ3) is 9.76. The lowest BCUT2D eigenvalue weighted by molar-refractivity contribution is -0.145. The van der Waals surface area contributed by atoms with Crippen LogP contribution in [0.15, 0.2) is 35.5 Å². The maximum Gasteiger partial charge on any atom is 0.328 e. The van der Waals surface area contributed by atoms with Gasteiger partial charge in [0.1, 0.15) is 12.1 Å². The number of aromatic amines is 1. The molecule has 0 saturated heterocycles. The van der Waals surface area contributed by atoms with Crippen LogP contribution in [0.25, 0.3) is 10.9 Å². The van der Waals surface area contributed by atoms with Crippen molar-refractivity contribution < 1.29 is 29.4 Å². The van der Waals surface area contributed by atoms with Crippen molar-refractivity contribution in [1.29, 1.82) is 0 Å². The molecule has 14 heteroatoms. The number of para-hydroxylation sites is 1. The van der Waals surface area contributed by atoms with Crippen molar-refractivity contribution in [2.75, 3.05) is 6.54 Å². The molecule has 2 aromatic rings. The number of H-pyrrole nitrogens is 1. The molecule has 0 fully saturated rings. The van der Waals surface area contributed by atoms with Gasteiger partial charge in [-0.05, 0) is 37.3 Å². The summed E-state index contributed by atoms with van der Waals surface area (Å²) < 4.78 is 0. The SMILES string of the molecule is CCC(C)C(N)C(=O)NC(CCCN=C(N)N)C(=O)NC(Cc1c[nH]c2ccccc12)C(=O)NC(C(=O)O)C(C)O. The number of fused-ring (bicyclic) bond motifs is 1. The molecule has 226 valence electrons. The van der Waals surface area contributed by atoms with E-state index < -0.39 is 54.0 Å². The molecule has 41 heavy (non-hydrogen) atoms. The van der Waals surface area contributed by atoms with E-state index in [0.29, 0.717) is 18.4 Å². The summed E-state index contributed by atoms with van der Waals surface area (Å²) >= 11 is 0. The predicted octanol–water partition coefficient (Wildman–Crippen LogP) is -0.943. The van der Waals surface area contributed by atoms with Crippen molar-refractivity contribution in [2.24, 2.45) is 28.1 Å². The maximum absolute atomic E-state index is 13.5. The van der Waals surface area contributed by atoms with Gasteiger partial charge in [0.05, 0.1) is 12.1 Å². The number of nitrogens with zero attached hydrogens (tertiary/aromatic N) is 1. The minimum Gasteiger partial charge on any atom is -0.480 e. The Balaban J connectivity index is 2.34. The van der Waals surface area contributed by atoms with Crippen LogP contribution in [0.4, 0.5) is 0 Å². The third-order valence-corrected chi connectivity index (χ3v) is 6.92. The highest BCUT2D eigenvalue weighted by Crippen LogP contribution is 2.19. The molecule has 0 aliphatic rings. The van der Waals surface area contributed by atoms with E-state index in [1.54, 1.807) is 6.20 Å². The Kier molecular flexibility index (Phi) is 12.5. The molecular weight excluding hydrogens is 532 g/mol. The molecule has 0 aliphatic carbocycles. The summed E-state index contributed by atoms with van der Waals surface area (Å²) in [6.45, 7) is 5.14. The zero-order valence-electron chi connectivity index (χ0n) is 23.6. The Bertz CT molecular complexity index is 1230. The van der Waals surface area contributed by atoms with Crippen molar-refractivity contribution in [2.45, 2.75) is 76.7 Å². The zero-order valence-corrected chi connectivity index (χ0v) is 23.6. The minimum absolute atomic E-state index is 0.00517. The average molecular weight is 575 g/mol. The van der Waals surface area contributed by atoms with E-state index in [0.717, 1.165) is 10.9 Å². The third-order valence-electron chi connectivity index (χ3n) is 6.92. The first-order valence-corrected chi connectivity index (χ1v) is 13.5. The fraction of sp³-hybridized carbons (Fsp3) is 0.519. The van der Waals surface area contributed by atoms with Gasteiger partial charge in [-0.2, -0.15) is 0 Å². The molecule has 1 aromatic carbocycles. The molecule has 0 spiro atoms. The van der Waals surface area contributed by atoms with Gasteiger partial charge in [0, 0.05) is 30.1 Å². The van der Waals surface area contributed by atoms with E-state index in [4.69, 9.17) is 17.2 Å². The van der Waals surface area contributed by atoms with Crippen LogP contribution in [-0.4, -0.2) is 81.7 Å². The molecule has 0 aliphatic heterocycles.